The van der Waals surface area contributed by atoms with Crippen LogP contribution in [0.25, 0.3) is 11.8 Å². The normalized spacial score (nSPS) is 18.6. The van der Waals surface area contributed by atoms with Crippen molar-refractivity contribution in [3.63, 3.8) is 0 Å². The van der Waals surface area contributed by atoms with Gasteiger partial charge >= 0.3 is 12.0 Å². The van der Waals surface area contributed by atoms with Gasteiger partial charge in [-0.05, 0) is 47.3 Å². The van der Waals surface area contributed by atoms with Crippen molar-refractivity contribution in [2.45, 2.75) is 25.2 Å². The number of fused-ring (bicyclic) bond motifs is 1. The van der Waals surface area contributed by atoms with Gasteiger partial charge in [-0.1, -0.05) is 12.1 Å². The van der Waals surface area contributed by atoms with E-state index in [4.69, 9.17) is 0 Å². The number of carbonyl (C=O) groups is 1. The third-order valence-electron chi connectivity index (χ3n) is 6.10. The molecule has 1 aromatic carbocycles. The fraction of sp³-hybridized carbons (Fsp3) is 0.231. The lowest BCUT2D eigenvalue weighted by Crippen LogP contribution is -2.28. The van der Waals surface area contributed by atoms with Gasteiger partial charge in [0.05, 0.1) is 23.6 Å². The Hall–Kier alpha value is -3.89. The summed E-state index contributed by atoms with van der Waals surface area (Å²) in [5.41, 5.74) is 0.861. The average Bonchev–Trinajstić information content (AvgIpc) is 3.44. The van der Waals surface area contributed by atoms with E-state index in [0.717, 1.165) is 17.6 Å². The first-order chi connectivity index (χ1) is 17.3. The first kappa shape index (κ1) is 23.8. The van der Waals surface area contributed by atoms with Crippen molar-refractivity contribution >= 4 is 35.4 Å². The minimum atomic E-state index is -4.61. The van der Waals surface area contributed by atoms with Crippen molar-refractivity contribution in [3.8, 4) is 0 Å². The average molecular weight is 494 g/mol. The Bertz CT molecular complexity index is 1370. The molecular formula is C26H23F3N5O2+. The number of allylic oxidation sites excluding steroid dienone is 1. The molecule has 0 spiro atoms. The Balaban J connectivity index is 1.35. The molecule has 1 saturated heterocycles. The van der Waals surface area contributed by atoms with E-state index in [9.17, 15) is 23.1 Å². The van der Waals surface area contributed by atoms with Crippen LogP contribution in [0.15, 0.2) is 65.9 Å². The van der Waals surface area contributed by atoms with E-state index in [2.05, 4.69) is 15.3 Å². The van der Waals surface area contributed by atoms with Gasteiger partial charge < -0.3 is 10.4 Å². The van der Waals surface area contributed by atoms with Gasteiger partial charge in [0, 0.05) is 49.2 Å². The summed E-state index contributed by atoms with van der Waals surface area (Å²) >= 11 is 0. The maximum Gasteiger partial charge on any atom is 0.416 e. The van der Waals surface area contributed by atoms with E-state index in [-0.39, 0.29) is 17.7 Å². The zero-order valence-corrected chi connectivity index (χ0v) is 19.1. The predicted molar refractivity (Wildman–Crippen MR) is 128 cm³/mol. The van der Waals surface area contributed by atoms with Crippen molar-refractivity contribution < 1.29 is 27.6 Å². The minimum Gasteiger partial charge on any atom is -0.392 e. The van der Waals surface area contributed by atoms with Gasteiger partial charge in [0.15, 0.2) is 11.9 Å². The number of aliphatic hydroxyl groups excluding tert-OH is 1. The molecule has 2 aliphatic rings. The number of hydrogen-bond donors (Lipinski definition) is 2. The monoisotopic (exact) mass is 494 g/mol. The lowest BCUT2D eigenvalue weighted by molar-refractivity contribution is -0.557. The van der Waals surface area contributed by atoms with Gasteiger partial charge in [-0.15, -0.1) is 0 Å². The maximum absolute atomic E-state index is 13.8. The third-order valence-corrected chi connectivity index (χ3v) is 6.10. The Morgan fingerprint density at radius 2 is 2.08 bits per heavy atom. The smallest absolute Gasteiger partial charge is 0.392 e. The van der Waals surface area contributed by atoms with Crippen LogP contribution in [-0.4, -0.2) is 46.3 Å². The van der Waals surface area contributed by atoms with E-state index in [1.165, 1.54) is 18.3 Å². The summed E-state index contributed by atoms with van der Waals surface area (Å²) < 4.78 is 43.3. The van der Waals surface area contributed by atoms with Gasteiger partial charge in [0.2, 0.25) is 0 Å². The number of alkyl halides is 3. The topological polar surface area (TPSA) is 81.7 Å². The lowest BCUT2D eigenvalue weighted by Gasteiger charge is -2.19. The van der Waals surface area contributed by atoms with Crippen LogP contribution in [0.2, 0.25) is 0 Å². The van der Waals surface area contributed by atoms with Gasteiger partial charge in [0.25, 0.3) is 5.91 Å². The number of nitrogens with one attached hydrogen (secondary N) is 1. The number of anilines is 1. The molecule has 0 radical (unpaired) electrons. The number of aromatic nitrogens is 2. The Kier molecular flexibility index (Phi) is 6.38. The van der Waals surface area contributed by atoms with Crippen LogP contribution in [0, 0.1) is 0 Å². The number of halogens is 3. The number of benzene rings is 1. The second kappa shape index (κ2) is 9.63. The van der Waals surface area contributed by atoms with E-state index in [1.807, 2.05) is 29.0 Å². The minimum absolute atomic E-state index is 0.0562. The van der Waals surface area contributed by atoms with Crippen molar-refractivity contribution in [2.75, 3.05) is 18.4 Å². The van der Waals surface area contributed by atoms with Crippen molar-refractivity contribution in [2.24, 2.45) is 4.99 Å². The van der Waals surface area contributed by atoms with E-state index >= 15 is 0 Å². The fourth-order valence-electron chi connectivity index (χ4n) is 4.33. The molecule has 1 atom stereocenters. The van der Waals surface area contributed by atoms with Gasteiger partial charge in [-0.3, -0.25) is 14.7 Å². The molecule has 2 aliphatic heterocycles. The number of aliphatic imine (C=N–C) groups is 1. The summed E-state index contributed by atoms with van der Waals surface area (Å²) in [6.07, 6.45) is 2.26. The summed E-state index contributed by atoms with van der Waals surface area (Å²) in [7, 11) is 0. The zero-order valence-electron chi connectivity index (χ0n) is 19.1. The Morgan fingerprint density at radius 3 is 2.86 bits per heavy atom. The van der Waals surface area contributed by atoms with Gasteiger partial charge in [-0.25, -0.2) is 0 Å². The molecule has 3 aromatic rings. The molecule has 10 heteroatoms. The largest absolute Gasteiger partial charge is 0.416 e. The van der Waals surface area contributed by atoms with Crippen LogP contribution in [0.1, 0.15) is 33.6 Å². The number of pyridine rings is 2. The molecule has 1 amide bonds. The van der Waals surface area contributed by atoms with Crippen molar-refractivity contribution in [1.82, 2.24) is 9.88 Å². The van der Waals surface area contributed by atoms with Crippen LogP contribution < -0.4 is 9.88 Å². The van der Waals surface area contributed by atoms with Crippen LogP contribution in [0.3, 0.4) is 0 Å². The molecule has 1 fully saturated rings. The zero-order chi connectivity index (χ0) is 25.3. The molecule has 0 aliphatic carbocycles. The molecule has 1 unspecified atom stereocenters. The second-order valence-corrected chi connectivity index (χ2v) is 8.73. The maximum atomic E-state index is 13.8. The Labute approximate surface area is 205 Å². The highest BCUT2D eigenvalue weighted by molar-refractivity contribution is 6.07. The van der Waals surface area contributed by atoms with Crippen LogP contribution in [0.5, 0.6) is 0 Å². The van der Waals surface area contributed by atoms with Crippen LogP contribution in [0.4, 0.5) is 24.7 Å². The van der Waals surface area contributed by atoms with Crippen LogP contribution >= 0.6 is 0 Å². The number of likely N-dealkylation sites (tertiary alicyclic amines) is 1. The van der Waals surface area contributed by atoms with Gasteiger partial charge in [-0.2, -0.15) is 17.7 Å². The number of aliphatic hydroxyl groups is 1. The third kappa shape index (κ3) is 5.19. The first-order valence-electron chi connectivity index (χ1n) is 11.4. The van der Waals surface area contributed by atoms with E-state index < -0.39 is 23.8 Å². The molecule has 184 valence electrons. The number of nitrogens with zero attached hydrogens (tertiary/aromatic N) is 4. The molecule has 0 bridgehead atoms. The number of carbonyl (C=O) groups excluding carboxylic acids is 1. The number of rotatable bonds is 5. The molecule has 0 saturated carbocycles. The second-order valence-electron chi connectivity index (χ2n) is 8.73. The van der Waals surface area contributed by atoms with Gasteiger partial charge in [0.1, 0.15) is 0 Å². The summed E-state index contributed by atoms with van der Waals surface area (Å²) in [6, 6.07) is 12.4. The highest BCUT2D eigenvalue weighted by Gasteiger charge is 2.35. The standard InChI is InChI=1S/C26H22F3N5O2/c27-26(28,29)23-11-17(4-5-18(23)15-33-10-7-22(35)16-33)25(36)32-19-6-8-30-20(12-19)13-21-14-31-24-3-1-2-9-34(21)24/h1-6,8-9,11-14,22,35H,7,10,15-16H2/p+1. The molecule has 2 aromatic heterocycles. The number of hydrogen-bond acceptors (Lipinski definition) is 5. The Morgan fingerprint density at radius 1 is 1.22 bits per heavy atom. The number of amides is 1. The molecular weight excluding hydrogens is 471 g/mol. The van der Waals surface area contributed by atoms with Crippen molar-refractivity contribution in [3.05, 3.63) is 83.3 Å². The first-order valence-corrected chi connectivity index (χ1v) is 11.4. The molecule has 5 rings (SSSR count). The van der Waals surface area contributed by atoms with E-state index in [0.29, 0.717) is 30.9 Å². The predicted octanol–water partition coefficient (Wildman–Crippen LogP) is 3.92. The SMILES string of the molecule is O=C(Nc1ccnc(C=C2C=Nc3cccc[n+]32)c1)c1ccc(CN2CCC(O)C2)c(C(F)(F)F)c1. The van der Waals surface area contributed by atoms with Crippen molar-refractivity contribution in [1.29, 1.82) is 0 Å². The quantitative estimate of drug-likeness (QED) is 0.527. The molecule has 36 heavy (non-hydrogen) atoms. The highest BCUT2D eigenvalue weighted by atomic mass is 19.4. The summed E-state index contributed by atoms with van der Waals surface area (Å²) in [6.45, 7) is 0.911. The summed E-state index contributed by atoms with van der Waals surface area (Å²) in [5.74, 6) is 0.119. The fourth-order valence-corrected chi connectivity index (χ4v) is 4.33. The lowest BCUT2D eigenvalue weighted by atomic mass is 10.0. The summed E-state index contributed by atoms with van der Waals surface area (Å²) in [4.78, 5) is 23.2. The molecule has 2 N–H and O–H groups in total. The number of β-amino-alcohol motifs (C(OH)–C–C–N with tert-alkyl or cyclic N) is 1. The van der Waals surface area contributed by atoms with E-state index in [1.54, 1.807) is 29.3 Å². The molecule has 7 nitrogen and oxygen atoms in total. The highest BCUT2D eigenvalue weighted by Crippen LogP contribution is 2.34. The summed E-state index contributed by atoms with van der Waals surface area (Å²) in [5, 5.41) is 12.3. The van der Waals surface area contributed by atoms with Crippen LogP contribution in [-0.2, 0) is 12.7 Å². The molecule has 4 heterocycles.